The van der Waals surface area contributed by atoms with Crippen LogP contribution in [0.2, 0.25) is 0 Å². The van der Waals surface area contributed by atoms with Gasteiger partial charge in [0.15, 0.2) is 0 Å². The summed E-state index contributed by atoms with van der Waals surface area (Å²) in [4.78, 5) is 4.46. The molecule has 0 fully saturated rings. The van der Waals surface area contributed by atoms with Gasteiger partial charge in [-0.25, -0.2) is 9.37 Å². The number of hydrogen-bond acceptors (Lipinski definition) is 3. The van der Waals surface area contributed by atoms with Crippen LogP contribution < -0.4 is 5.73 Å². The average molecular weight is 402 g/mol. The molecule has 0 spiro atoms. The van der Waals surface area contributed by atoms with E-state index in [0.29, 0.717) is 17.0 Å². The Hall–Kier alpha value is -1.93. The van der Waals surface area contributed by atoms with E-state index in [1.54, 1.807) is 12.1 Å². The summed E-state index contributed by atoms with van der Waals surface area (Å²) in [5.41, 5.74) is 9.32. The number of aryl methyl sites for hydroxylation is 1. The smallest absolute Gasteiger partial charge is 0.142 e. The fourth-order valence-corrected chi connectivity index (χ4v) is 3.98. The highest BCUT2D eigenvalue weighted by Gasteiger charge is 2.33. The summed E-state index contributed by atoms with van der Waals surface area (Å²) in [6.45, 7) is 6.66. The third-order valence-electron chi connectivity index (χ3n) is 5.13. The van der Waals surface area contributed by atoms with Crippen LogP contribution in [-0.2, 0) is 12.8 Å². The number of benzene rings is 1. The summed E-state index contributed by atoms with van der Waals surface area (Å²) in [6.07, 6.45) is 2.60. The van der Waals surface area contributed by atoms with Gasteiger partial charge in [0.1, 0.15) is 23.3 Å². The average Bonchev–Trinajstić information content (AvgIpc) is 2.54. The van der Waals surface area contributed by atoms with Gasteiger partial charge >= 0.3 is 0 Å². The monoisotopic (exact) mass is 401 g/mol. The van der Waals surface area contributed by atoms with Crippen molar-refractivity contribution in [3.05, 3.63) is 45.3 Å². The van der Waals surface area contributed by atoms with Crippen molar-refractivity contribution in [2.24, 2.45) is 11.3 Å². The third kappa shape index (κ3) is 3.28. The van der Waals surface area contributed by atoms with E-state index in [9.17, 15) is 9.65 Å². The summed E-state index contributed by atoms with van der Waals surface area (Å²) in [7, 11) is 0. The van der Waals surface area contributed by atoms with Gasteiger partial charge in [-0.05, 0) is 54.4 Å². The third-order valence-corrected chi connectivity index (χ3v) is 5.62. The van der Waals surface area contributed by atoms with Gasteiger partial charge in [0.2, 0.25) is 0 Å². The van der Waals surface area contributed by atoms with Crippen molar-refractivity contribution >= 4 is 21.7 Å². The zero-order valence-corrected chi connectivity index (χ0v) is 16.2. The molecule has 3 nitrogen and oxygen atoms in total. The number of aromatic nitrogens is 1. The Morgan fingerprint density at radius 1 is 1.36 bits per heavy atom. The van der Waals surface area contributed by atoms with Crippen molar-refractivity contribution < 1.29 is 4.39 Å². The van der Waals surface area contributed by atoms with Crippen LogP contribution in [0.1, 0.15) is 44.0 Å². The number of rotatable bonds is 1. The van der Waals surface area contributed by atoms with Gasteiger partial charge in [0, 0.05) is 21.3 Å². The molecule has 1 aromatic heterocycles. The molecule has 1 aliphatic carbocycles. The summed E-state index contributed by atoms with van der Waals surface area (Å²) in [5.74, 6) is 0.279. The first-order valence-corrected chi connectivity index (χ1v) is 9.18. The van der Waals surface area contributed by atoms with E-state index in [1.165, 1.54) is 6.07 Å². The number of nitriles is 1. The summed E-state index contributed by atoms with van der Waals surface area (Å²) in [6, 6.07) is 6.92. The second-order valence-corrected chi connectivity index (χ2v) is 8.63. The second kappa shape index (κ2) is 6.42. The Morgan fingerprint density at radius 2 is 2.08 bits per heavy atom. The van der Waals surface area contributed by atoms with Gasteiger partial charge < -0.3 is 5.73 Å². The number of pyridine rings is 1. The highest BCUT2D eigenvalue weighted by Crippen LogP contribution is 2.43. The molecule has 0 saturated heterocycles. The Morgan fingerprint density at radius 3 is 2.72 bits per heavy atom. The zero-order valence-electron chi connectivity index (χ0n) is 14.7. The molecule has 0 radical (unpaired) electrons. The number of halogens is 2. The van der Waals surface area contributed by atoms with Crippen molar-refractivity contribution in [3.63, 3.8) is 0 Å². The molecule has 2 aromatic rings. The molecule has 0 aliphatic heterocycles. The first kappa shape index (κ1) is 17.9. The highest BCUT2D eigenvalue weighted by molar-refractivity contribution is 9.10. The van der Waals surface area contributed by atoms with Crippen molar-refractivity contribution in [2.45, 2.75) is 40.0 Å². The van der Waals surface area contributed by atoms with Gasteiger partial charge in [-0.3, -0.25) is 0 Å². The fraction of sp³-hybridized carbons (Fsp3) is 0.400. The normalized spacial score (nSPS) is 17.0. The van der Waals surface area contributed by atoms with Crippen LogP contribution in [0.5, 0.6) is 0 Å². The lowest BCUT2D eigenvalue weighted by molar-refractivity contribution is 0.215. The summed E-state index contributed by atoms with van der Waals surface area (Å²) in [5, 5.41) is 9.64. The Bertz CT molecular complexity index is 878. The Labute approximate surface area is 156 Å². The number of nitrogens with zero attached hydrogens (tertiary/aromatic N) is 2. The lowest BCUT2D eigenvalue weighted by Crippen LogP contribution is -2.28. The van der Waals surface area contributed by atoms with Gasteiger partial charge in [0.05, 0.1) is 0 Å². The molecular formula is C20H21BrFN3. The minimum absolute atomic E-state index is 0.138. The topological polar surface area (TPSA) is 62.7 Å². The SMILES string of the molecule is CC(C)(C)C1CCc2nc(N)c(C#N)c(-c3cc(Br)ccc3F)c2C1. The minimum Gasteiger partial charge on any atom is -0.383 e. The van der Waals surface area contributed by atoms with E-state index in [-0.39, 0.29) is 22.6 Å². The maximum atomic E-state index is 14.6. The number of nitrogen functional groups attached to an aromatic ring is 1. The van der Waals surface area contributed by atoms with E-state index in [4.69, 9.17) is 5.73 Å². The van der Waals surface area contributed by atoms with Crippen molar-refractivity contribution in [2.75, 3.05) is 5.73 Å². The molecular weight excluding hydrogens is 381 g/mol. The molecule has 5 heteroatoms. The predicted molar refractivity (Wildman–Crippen MR) is 101 cm³/mol. The molecule has 3 rings (SSSR count). The molecule has 130 valence electrons. The van der Waals surface area contributed by atoms with Crippen LogP contribution >= 0.6 is 15.9 Å². The number of nitrogens with two attached hydrogens (primary N) is 1. The Kier molecular flexibility index (Phi) is 4.59. The van der Waals surface area contributed by atoms with Crippen LogP contribution in [0.15, 0.2) is 22.7 Å². The number of hydrogen-bond donors (Lipinski definition) is 1. The summed E-state index contributed by atoms with van der Waals surface area (Å²) < 4.78 is 15.4. The number of fused-ring (bicyclic) bond motifs is 1. The van der Waals surface area contributed by atoms with Crippen LogP contribution in [0.4, 0.5) is 10.2 Å². The lowest BCUT2D eigenvalue weighted by atomic mass is 9.70. The molecule has 25 heavy (non-hydrogen) atoms. The van der Waals surface area contributed by atoms with E-state index in [2.05, 4.69) is 47.8 Å². The number of anilines is 1. The maximum Gasteiger partial charge on any atom is 0.142 e. The van der Waals surface area contributed by atoms with Crippen molar-refractivity contribution in [3.8, 4) is 17.2 Å². The van der Waals surface area contributed by atoms with Gasteiger partial charge in [-0.2, -0.15) is 5.26 Å². The van der Waals surface area contributed by atoms with Crippen molar-refractivity contribution in [1.82, 2.24) is 4.98 Å². The van der Waals surface area contributed by atoms with E-state index in [0.717, 1.165) is 35.0 Å². The molecule has 1 aliphatic rings. The zero-order chi connectivity index (χ0) is 18.4. The highest BCUT2D eigenvalue weighted by atomic mass is 79.9. The quantitative estimate of drug-likeness (QED) is 0.708. The molecule has 2 N–H and O–H groups in total. The minimum atomic E-state index is -0.356. The van der Waals surface area contributed by atoms with Gasteiger partial charge in [-0.1, -0.05) is 36.7 Å². The first-order valence-electron chi connectivity index (χ1n) is 8.39. The van der Waals surface area contributed by atoms with E-state index in [1.807, 2.05) is 0 Å². The molecule has 1 atom stereocenters. The summed E-state index contributed by atoms with van der Waals surface area (Å²) >= 11 is 3.40. The molecule has 0 saturated carbocycles. The fourth-order valence-electron chi connectivity index (χ4n) is 3.62. The largest absolute Gasteiger partial charge is 0.383 e. The van der Waals surface area contributed by atoms with Gasteiger partial charge in [0.25, 0.3) is 0 Å². The van der Waals surface area contributed by atoms with E-state index >= 15 is 0 Å². The second-order valence-electron chi connectivity index (χ2n) is 7.71. The predicted octanol–water partition coefficient (Wildman–Crippen LogP) is 5.26. The lowest BCUT2D eigenvalue weighted by Gasteiger charge is -2.35. The molecule has 0 amide bonds. The molecule has 1 heterocycles. The van der Waals surface area contributed by atoms with Crippen LogP contribution in [0.25, 0.3) is 11.1 Å². The van der Waals surface area contributed by atoms with Crippen molar-refractivity contribution in [1.29, 1.82) is 5.26 Å². The molecule has 1 aromatic carbocycles. The van der Waals surface area contributed by atoms with Crippen LogP contribution in [0.3, 0.4) is 0 Å². The first-order chi connectivity index (χ1) is 11.7. The molecule has 1 unspecified atom stereocenters. The van der Waals surface area contributed by atoms with Crippen LogP contribution in [0, 0.1) is 28.5 Å². The molecule has 0 bridgehead atoms. The van der Waals surface area contributed by atoms with Gasteiger partial charge in [-0.15, -0.1) is 0 Å². The van der Waals surface area contributed by atoms with Crippen LogP contribution in [-0.4, -0.2) is 4.98 Å². The Balaban J connectivity index is 2.29. The van der Waals surface area contributed by atoms with E-state index < -0.39 is 0 Å². The maximum absolute atomic E-state index is 14.6. The standard InChI is InChI=1S/C20H21BrFN3/c1-20(2,3)11-4-7-17-14(8-11)18(15(10-23)19(24)25-17)13-9-12(21)5-6-16(13)22/h5-6,9,11H,4,7-8H2,1-3H3,(H2,24,25).